The fourth-order valence-corrected chi connectivity index (χ4v) is 2.28. The summed E-state index contributed by atoms with van der Waals surface area (Å²) in [5.74, 6) is -0.995. The Morgan fingerprint density at radius 1 is 1.00 bits per heavy atom. The van der Waals surface area contributed by atoms with Gasteiger partial charge in [-0.05, 0) is 37.1 Å². The Balaban J connectivity index is 2.11. The van der Waals surface area contributed by atoms with E-state index in [1.807, 2.05) is 45.0 Å². The highest BCUT2D eigenvalue weighted by Gasteiger charge is 2.25. The van der Waals surface area contributed by atoms with Crippen LogP contribution in [0.2, 0.25) is 0 Å². The second-order valence-electron chi connectivity index (χ2n) is 6.07. The summed E-state index contributed by atoms with van der Waals surface area (Å²) >= 11 is 0. The molecular weight excluding hydrogens is 304 g/mol. The number of rotatable bonds is 5. The fourth-order valence-electron chi connectivity index (χ4n) is 2.28. The number of phenols is 1. The van der Waals surface area contributed by atoms with Gasteiger partial charge in [-0.15, -0.1) is 0 Å². The minimum atomic E-state index is -0.710. The van der Waals surface area contributed by atoms with Crippen LogP contribution in [-0.2, 0) is 4.79 Å². The topological polar surface area (TPSA) is 78.4 Å². The van der Waals surface area contributed by atoms with Crippen molar-refractivity contribution in [3.05, 3.63) is 59.7 Å². The van der Waals surface area contributed by atoms with E-state index in [1.165, 1.54) is 12.1 Å². The lowest BCUT2D eigenvalue weighted by molar-refractivity contribution is -0.118. The molecule has 5 nitrogen and oxygen atoms in total. The monoisotopic (exact) mass is 326 g/mol. The van der Waals surface area contributed by atoms with Crippen LogP contribution in [0.5, 0.6) is 5.75 Å². The summed E-state index contributed by atoms with van der Waals surface area (Å²) in [5, 5.41) is 15.3. The van der Waals surface area contributed by atoms with Crippen molar-refractivity contribution in [2.45, 2.75) is 26.8 Å². The van der Waals surface area contributed by atoms with Gasteiger partial charge >= 0.3 is 0 Å². The van der Waals surface area contributed by atoms with E-state index in [0.717, 1.165) is 5.56 Å². The largest absolute Gasteiger partial charge is 0.507 e. The highest BCUT2D eigenvalue weighted by atomic mass is 16.3. The molecule has 3 N–H and O–H groups in total. The number of aryl methyl sites for hydroxylation is 1. The van der Waals surface area contributed by atoms with E-state index >= 15 is 0 Å². The first-order chi connectivity index (χ1) is 11.4. The number of hydrogen-bond donors (Lipinski definition) is 3. The van der Waals surface area contributed by atoms with E-state index in [4.69, 9.17) is 0 Å². The van der Waals surface area contributed by atoms with E-state index in [9.17, 15) is 14.7 Å². The zero-order valence-electron chi connectivity index (χ0n) is 14.0. The third-order valence-corrected chi connectivity index (χ3v) is 3.70. The Morgan fingerprint density at radius 2 is 1.62 bits per heavy atom. The van der Waals surface area contributed by atoms with Crippen molar-refractivity contribution in [1.29, 1.82) is 0 Å². The minimum Gasteiger partial charge on any atom is -0.507 e. The van der Waals surface area contributed by atoms with Crippen molar-refractivity contribution in [2.75, 3.05) is 5.32 Å². The molecule has 2 aromatic carbocycles. The smallest absolute Gasteiger partial charge is 0.255 e. The third kappa shape index (κ3) is 4.35. The number of anilines is 1. The molecular formula is C19H22N2O3. The third-order valence-electron chi connectivity index (χ3n) is 3.70. The molecule has 0 bridgehead atoms. The molecule has 0 aromatic heterocycles. The van der Waals surface area contributed by atoms with Crippen LogP contribution in [0.15, 0.2) is 48.5 Å². The molecule has 126 valence electrons. The first kappa shape index (κ1) is 17.5. The van der Waals surface area contributed by atoms with Crippen LogP contribution in [0.25, 0.3) is 0 Å². The molecule has 0 spiro atoms. The highest BCUT2D eigenvalue weighted by molar-refractivity contribution is 6.02. The maximum atomic E-state index is 12.5. The van der Waals surface area contributed by atoms with E-state index in [2.05, 4.69) is 10.6 Å². The number of para-hydroxylation sites is 1. The summed E-state index contributed by atoms with van der Waals surface area (Å²) in [5.41, 5.74) is 1.92. The number of phenolic OH excluding ortho intramolecular Hbond substituents is 1. The van der Waals surface area contributed by atoms with Gasteiger partial charge in [-0.25, -0.2) is 0 Å². The summed E-state index contributed by atoms with van der Waals surface area (Å²) in [7, 11) is 0. The van der Waals surface area contributed by atoms with Gasteiger partial charge in [0.25, 0.3) is 5.91 Å². The molecule has 0 heterocycles. The van der Waals surface area contributed by atoms with Crippen LogP contribution >= 0.6 is 0 Å². The summed E-state index contributed by atoms with van der Waals surface area (Å²) in [4.78, 5) is 24.8. The first-order valence-corrected chi connectivity index (χ1v) is 7.85. The molecule has 24 heavy (non-hydrogen) atoms. The second-order valence-corrected chi connectivity index (χ2v) is 6.07. The van der Waals surface area contributed by atoms with Gasteiger partial charge in [-0.3, -0.25) is 9.59 Å². The van der Waals surface area contributed by atoms with Crippen LogP contribution in [0.4, 0.5) is 5.69 Å². The Kier molecular flexibility index (Phi) is 5.58. The van der Waals surface area contributed by atoms with Crippen molar-refractivity contribution in [1.82, 2.24) is 5.32 Å². The van der Waals surface area contributed by atoms with Crippen LogP contribution in [0, 0.1) is 12.8 Å². The molecule has 0 unspecified atom stereocenters. The quantitative estimate of drug-likeness (QED) is 0.790. The number of nitrogens with one attached hydrogen (secondary N) is 2. The minimum absolute atomic E-state index is 0.106. The predicted molar refractivity (Wildman–Crippen MR) is 94.0 cm³/mol. The van der Waals surface area contributed by atoms with Gasteiger partial charge in [-0.2, -0.15) is 0 Å². The average Bonchev–Trinajstić information content (AvgIpc) is 2.54. The SMILES string of the molecule is Cc1ccc(NC(=O)[C@@H](NC(=O)c2ccccc2O)C(C)C)cc1. The van der Waals surface area contributed by atoms with Crippen LogP contribution < -0.4 is 10.6 Å². The van der Waals surface area contributed by atoms with Crippen molar-refractivity contribution in [2.24, 2.45) is 5.92 Å². The summed E-state index contributed by atoms with van der Waals surface area (Å²) in [6.07, 6.45) is 0. The average molecular weight is 326 g/mol. The predicted octanol–water partition coefficient (Wildman–Crippen LogP) is 3.09. The number of carbonyl (C=O) groups excluding carboxylic acids is 2. The number of hydrogen-bond acceptors (Lipinski definition) is 3. The Bertz CT molecular complexity index is 724. The maximum absolute atomic E-state index is 12.5. The van der Waals surface area contributed by atoms with Gasteiger partial charge < -0.3 is 15.7 Å². The van der Waals surface area contributed by atoms with Crippen molar-refractivity contribution < 1.29 is 14.7 Å². The van der Waals surface area contributed by atoms with E-state index in [0.29, 0.717) is 5.69 Å². The van der Waals surface area contributed by atoms with Crippen LogP contribution in [0.3, 0.4) is 0 Å². The molecule has 0 fully saturated rings. The van der Waals surface area contributed by atoms with Gasteiger partial charge in [0.15, 0.2) is 0 Å². The molecule has 1 atom stereocenters. The Labute approximate surface area is 141 Å². The molecule has 5 heteroatoms. The lowest BCUT2D eigenvalue weighted by Crippen LogP contribution is -2.47. The molecule has 0 radical (unpaired) electrons. The number of aromatic hydroxyl groups is 1. The summed E-state index contributed by atoms with van der Waals surface area (Å²) < 4.78 is 0. The van der Waals surface area contributed by atoms with Gasteiger partial charge in [0.05, 0.1) is 5.56 Å². The maximum Gasteiger partial charge on any atom is 0.255 e. The second kappa shape index (κ2) is 7.64. The molecule has 0 aliphatic carbocycles. The van der Waals surface area contributed by atoms with Crippen LogP contribution in [0.1, 0.15) is 29.8 Å². The lowest BCUT2D eigenvalue weighted by atomic mass is 10.0. The molecule has 0 saturated carbocycles. The standard InChI is InChI=1S/C19H22N2O3/c1-12(2)17(19(24)20-14-10-8-13(3)9-11-14)21-18(23)15-6-4-5-7-16(15)22/h4-12,17,22H,1-3H3,(H,20,24)(H,21,23)/t17-/m0/s1. The van der Waals surface area contributed by atoms with Gasteiger partial charge in [-0.1, -0.05) is 43.7 Å². The fraction of sp³-hybridized carbons (Fsp3) is 0.263. The normalized spacial score (nSPS) is 11.8. The number of amides is 2. The molecule has 2 amide bonds. The highest BCUT2D eigenvalue weighted by Crippen LogP contribution is 2.17. The van der Waals surface area contributed by atoms with Crippen molar-refractivity contribution in [3.8, 4) is 5.75 Å². The van der Waals surface area contributed by atoms with Gasteiger partial charge in [0.2, 0.25) is 5.91 Å². The lowest BCUT2D eigenvalue weighted by Gasteiger charge is -2.22. The molecule has 0 saturated heterocycles. The van der Waals surface area contributed by atoms with Gasteiger partial charge in [0, 0.05) is 5.69 Å². The molecule has 0 aliphatic rings. The van der Waals surface area contributed by atoms with Crippen LogP contribution in [-0.4, -0.2) is 23.0 Å². The van der Waals surface area contributed by atoms with E-state index < -0.39 is 11.9 Å². The number of carbonyl (C=O) groups is 2. The zero-order valence-corrected chi connectivity index (χ0v) is 14.0. The molecule has 2 aromatic rings. The zero-order chi connectivity index (χ0) is 17.7. The molecule has 2 rings (SSSR count). The Hall–Kier alpha value is -2.82. The summed E-state index contributed by atoms with van der Waals surface area (Å²) in [6, 6.07) is 13.0. The molecule has 0 aliphatic heterocycles. The van der Waals surface area contributed by atoms with E-state index in [-0.39, 0.29) is 23.1 Å². The summed E-state index contributed by atoms with van der Waals surface area (Å²) in [6.45, 7) is 5.67. The van der Waals surface area contributed by atoms with E-state index in [1.54, 1.807) is 12.1 Å². The Morgan fingerprint density at radius 3 is 2.21 bits per heavy atom. The first-order valence-electron chi connectivity index (χ1n) is 7.85. The van der Waals surface area contributed by atoms with Crippen molar-refractivity contribution >= 4 is 17.5 Å². The van der Waals surface area contributed by atoms with Gasteiger partial charge in [0.1, 0.15) is 11.8 Å². The number of benzene rings is 2. The van der Waals surface area contributed by atoms with Crippen molar-refractivity contribution in [3.63, 3.8) is 0 Å².